The van der Waals surface area contributed by atoms with Crippen LogP contribution in [-0.2, 0) is 16.2 Å². The first kappa shape index (κ1) is 12.9. The van der Waals surface area contributed by atoms with Gasteiger partial charge in [0.25, 0.3) is 0 Å². The van der Waals surface area contributed by atoms with Gasteiger partial charge in [-0.1, -0.05) is 60.7 Å². The fourth-order valence-corrected chi connectivity index (χ4v) is 2.87. The van der Waals surface area contributed by atoms with E-state index in [2.05, 4.69) is 0 Å². The molecule has 1 N–H and O–H groups in total. The third kappa shape index (κ3) is 3.22. The van der Waals surface area contributed by atoms with Crippen molar-refractivity contribution in [2.75, 3.05) is 6.26 Å². The normalized spacial score (nSPS) is 13.9. The summed E-state index contributed by atoms with van der Waals surface area (Å²) in [5, 5.41) is 0. The summed E-state index contributed by atoms with van der Waals surface area (Å²) in [6.45, 7) is 0. The molecule has 2 rings (SSSR count). The Bertz CT molecular complexity index is 616. The van der Waals surface area contributed by atoms with E-state index in [1.54, 1.807) is 0 Å². The standard InChI is InChI=1S/C15H16O2S/c1-18(16,17)15(14-10-6-3-7-11-14)12-13-8-4-2-5-9-13/h2-11H,12H2,1H3,(H,16,17). The number of hydrogen-bond acceptors (Lipinski definition) is 1. The van der Waals surface area contributed by atoms with Crippen LogP contribution in [0.25, 0.3) is 0 Å². The fraction of sp³-hybridized carbons (Fsp3) is 0.133. The molecule has 3 heteroatoms. The van der Waals surface area contributed by atoms with Gasteiger partial charge in [-0.25, -0.2) is 4.21 Å². The third-order valence-electron chi connectivity index (χ3n) is 2.76. The first-order chi connectivity index (χ1) is 8.57. The minimum absolute atomic E-state index is 0.497. The lowest BCUT2D eigenvalue weighted by Crippen LogP contribution is -2.16. The summed E-state index contributed by atoms with van der Waals surface area (Å²) in [7, 11) is -2.95. The van der Waals surface area contributed by atoms with Gasteiger partial charge in [0.2, 0.25) is 0 Å². The average molecular weight is 260 g/mol. The van der Waals surface area contributed by atoms with E-state index in [0.717, 1.165) is 11.1 Å². The van der Waals surface area contributed by atoms with Crippen molar-refractivity contribution in [3.63, 3.8) is 0 Å². The van der Waals surface area contributed by atoms with Crippen LogP contribution in [0, 0.1) is 0 Å². The Hall–Kier alpha value is -1.58. The van der Waals surface area contributed by atoms with Crippen molar-refractivity contribution in [2.45, 2.75) is 6.42 Å². The second kappa shape index (κ2) is 5.38. The molecule has 0 fully saturated rings. The summed E-state index contributed by atoms with van der Waals surface area (Å²) in [6, 6.07) is 19.2. The molecule has 0 aliphatic heterocycles. The number of rotatable bonds is 3. The molecule has 0 aliphatic rings. The van der Waals surface area contributed by atoms with E-state index < -0.39 is 9.80 Å². The van der Waals surface area contributed by atoms with Crippen LogP contribution in [-0.4, -0.2) is 19.9 Å². The predicted octanol–water partition coefficient (Wildman–Crippen LogP) is 2.84. The molecule has 18 heavy (non-hydrogen) atoms. The highest BCUT2D eigenvalue weighted by molar-refractivity contribution is 7.97. The first-order valence-corrected chi connectivity index (χ1v) is 7.66. The highest BCUT2D eigenvalue weighted by atomic mass is 32.2. The van der Waals surface area contributed by atoms with Gasteiger partial charge >= 0.3 is 0 Å². The molecule has 2 nitrogen and oxygen atoms in total. The van der Waals surface area contributed by atoms with Gasteiger partial charge in [-0.15, -0.1) is 0 Å². The molecule has 2 aromatic rings. The quantitative estimate of drug-likeness (QED) is 0.680. The third-order valence-corrected chi connectivity index (χ3v) is 4.05. The second-order valence-corrected chi connectivity index (χ2v) is 6.35. The molecule has 0 saturated carbocycles. The molecule has 0 radical (unpaired) electrons. The second-order valence-electron chi connectivity index (χ2n) is 4.25. The zero-order chi connectivity index (χ0) is 13.0. The highest BCUT2D eigenvalue weighted by Crippen LogP contribution is 2.10. The van der Waals surface area contributed by atoms with Crippen molar-refractivity contribution in [2.24, 2.45) is 0 Å². The Kier molecular flexibility index (Phi) is 3.84. The maximum Gasteiger partial charge on any atom is 0.0825 e. The minimum atomic E-state index is -2.95. The van der Waals surface area contributed by atoms with Gasteiger partial charge in [0.1, 0.15) is 0 Å². The molecule has 0 heterocycles. The van der Waals surface area contributed by atoms with Crippen molar-refractivity contribution < 1.29 is 8.76 Å². The molecular formula is C15H16O2S. The van der Waals surface area contributed by atoms with Gasteiger partial charge in [0, 0.05) is 17.5 Å². The van der Waals surface area contributed by atoms with E-state index in [1.807, 2.05) is 60.7 Å². The summed E-state index contributed by atoms with van der Waals surface area (Å²) < 4.78 is 21.9. The van der Waals surface area contributed by atoms with Crippen LogP contribution in [0.5, 0.6) is 0 Å². The average Bonchev–Trinajstić information content (AvgIpc) is 2.37. The van der Waals surface area contributed by atoms with Crippen molar-refractivity contribution in [1.29, 1.82) is 0 Å². The smallest absolute Gasteiger partial charge is 0.0825 e. The molecule has 0 aliphatic carbocycles. The van der Waals surface area contributed by atoms with Gasteiger partial charge in [-0.05, 0) is 11.1 Å². The largest absolute Gasteiger partial charge is 0.313 e. The van der Waals surface area contributed by atoms with E-state index in [0.29, 0.717) is 11.3 Å². The van der Waals surface area contributed by atoms with Crippen LogP contribution in [0.4, 0.5) is 0 Å². The van der Waals surface area contributed by atoms with Crippen LogP contribution in [0.15, 0.2) is 60.7 Å². The summed E-state index contributed by atoms with van der Waals surface area (Å²) in [6.07, 6.45) is 1.87. The van der Waals surface area contributed by atoms with E-state index >= 15 is 0 Å². The van der Waals surface area contributed by atoms with E-state index in [4.69, 9.17) is 0 Å². The Labute approximate surface area is 108 Å². The molecule has 1 unspecified atom stereocenters. The first-order valence-electron chi connectivity index (χ1n) is 5.74. The Morgan fingerprint density at radius 2 is 1.50 bits per heavy atom. The molecule has 0 spiro atoms. The summed E-state index contributed by atoms with van der Waals surface area (Å²) >= 11 is 0. The summed E-state index contributed by atoms with van der Waals surface area (Å²) in [5.74, 6) is 0. The van der Waals surface area contributed by atoms with Crippen LogP contribution >= 0.6 is 0 Å². The lowest BCUT2D eigenvalue weighted by atomic mass is 10.0. The van der Waals surface area contributed by atoms with E-state index in [9.17, 15) is 8.76 Å². The SMILES string of the molecule is CS(=O)(O)=C(Cc1ccccc1)c1ccccc1. The fourth-order valence-electron chi connectivity index (χ4n) is 1.86. The lowest BCUT2D eigenvalue weighted by Gasteiger charge is -2.10. The predicted molar refractivity (Wildman–Crippen MR) is 77.4 cm³/mol. The van der Waals surface area contributed by atoms with Gasteiger partial charge in [-0.2, -0.15) is 0 Å². The lowest BCUT2D eigenvalue weighted by molar-refractivity contribution is 0.565. The van der Waals surface area contributed by atoms with Crippen LogP contribution in [0.2, 0.25) is 0 Å². The van der Waals surface area contributed by atoms with Crippen LogP contribution in [0.3, 0.4) is 0 Å². The number of hydrogen-bond donors (Lipinski definition) is 1. The van der Waals surface area contributed by atoms with E-state index in [1.165, 1.54) is 6.26 Å². The zero-order valence-electron chi connectivity index (χ0n) is 10.2. The molecule has 0 bridgehead atoms. The highest BCUT2D eigenvalue weighted by Gasteiger charge is 2.10. The molecule has 0 amide bonds. The maximum atomic E-state index is 12.0. The van der Waals surface area contributed by atoms with Crippen LogP contribution < -0.4 is 0 Å². The summed E-state index contributed by atoms with van der Waals surface area (Å²) in [5.41, 5.74) is 1.87. The molecule has 2 aromatic carbocycles. The van der Waals surface area contributed by atoms with Crippen molar-refractivity contribution in [3.8, 4) is 0 Å². The molecule has 0 saturated heterocycles. The van der Waals surface area contributed by atoms with E-state index in [-0.39, 0.29) is 0 Å². The Balaban J connectivity index is 2.45. The molecule has 1 atom stereocenters. The Morgan fingerprint density at radius 1 is 1.00 bits per heavy atom. The number of benzene rings is 2. The summed E-state index contributed by atoms with van der Waals surface area (Å²) in [4.78, 5) is 0.578. The Morgan fingerprint density at radius 3 is 2.00 bits per heavy atom. The molecular weight excluding hydrogens is 244 g/mol. The van der Waals surface area contributed by atoms with Crippen molar-refractivity contribution in [1.82, 2.24) is 0 Å². The molecule has 94 valence electrons. The monoisotopic (exact) mass is 260 g/mol. The topological polar surface area (TPSA) is 37.3 Å². The minimum Gasteiger partial charge on any atom is -0.313 e. The van der Waals surface area contributed by atoms with Gasteiger partial charge < -0.3 is 4.55 Å². The molecule has 0 aromatic heterocycles. The van der Waals surface area contributed by atoms with Crippen molar-refractivity contribution in [3.05, 3.63) is 71.8 Å². The van der Waals surface area contributed by atoms with Gasteiger partial charge in [0.15, 0.2) is 0 Å². The van der Waals surface area contributed by atoms with Crippen LogP contribution in [0.1, 0.15) is 11.1 Å². The van der Waals surface area contributed by atoms with Crippen molar-refractivity contribution >= 4 is 14.7 Å². The van der Waals surface area contributed by atoms with Gasteiger partial charge in [-0.3, -0.25) is 0 Å². The maximum absolute atomic E-state index is 12.0. The zero-order valence-corrected chi connectivity index (χ0v) is 11.1. The van der Waals surface area contributed by atoms with Gasteiger partial charge in [0.05, 0.1) is 9.80 Å².